The van der Waals surface area contributed by atoms with Crippen LogP contribution in [0.4, 0.5) is 5.69 Å². The lowest BCUT2D eigenvalue weighted by Crippen LogP contribution is -2.62. The third kappa shape index (κ3) is 7.14. The van der Waals surface area contributed by atoms with Crippen LogP contribution < -0.4 is 4.90 Å². The number of likely N-dealkylation sites (tertiary alicyclic amines) is 1. The molecule has 9 heteroatoms. The topological polar surface area (TPSA) is 124 Å². The van der Waals surface area contributed by atoms with Crippen molar-refractivity contribution in [3.05, 3.63) is 65.7 Å². The van der Waals surface area contributed by atoms with Gasteiger partial charge in [0.2, 0.25) is 5.91 Å². The highest BCUT2D eigenvalue weighted by Gasteiger charge is 2.50. The van der Waals surface area contributed by atoms with Crippen LogP contribution in [0.1, 0.15) is 44.2 Å². The molecule has 0 spiro atoms. The standard InChI is InChI=1S/C25H32N2O3.C2H2O4/c1-4-23(28)27(22-14-10-9-11-20(22)3)25(24(29)30-5-2)15-17-26(18-16-25)19-21-12-7-6-8-13-21;3-1(4)2(5)6/h6-14H,4-5,15-19H2,1-3H3;(H,3,4)(H,5,6). The summed E-state index contributed by atoms with van der Waals surface area (Å²) >= 11 is 0. The van der Waals surface area contributed by atoms with Crippen molar-refractivity contribution in [3.63, 3.8) is 0 Å². The fourth-order valence-electron chi connectivity index (χ4n) is 4.28. The summed E-state index contributed by atoms with van der Waals surface area (Å²) in [4.78, 5) is 48.7. The number of carbonyl (C=O) groups excluding carboxylic acids is 2. The van der Waals surface area contributed by atoms with Gasteiger partial charge in [-0.15, -0.1) is 0 Å². The van der Waals surface area contributed by atoms with E-state index in [0.717, 1.165) is 30.9 Å². The van der Waals surface area contributed by atoms with Gasteiger partial charge in [-0.2, -0.15) is 0 Å². The number of carboxylic acid groups (broad SMARTS) is 2. The summed E-state index contributed by atoms with van der Waals surface area (Å²) in [5.74, 6) is -3.99. The van der Waals surface area contributed by atoms with Crippen LogP contribution >= 0.6 is 0 Å². The zero-order valence-electron chi connectivity index (χ0n) is 21.0. The molecule has 3 rings (SSSR count). The number of esters is 1. The first-order chi connectivity index (χ1) is 17.2. The van der Waals surface area contributed by atoms with Gasteiger partial charge < -0.3 is 14.9 Å². The minimum Gasteiger partial charge on any atom is -0.473 e. The minimum absolute atomic E-state index is 0.0473. The van der Waals surface area contributed by atoms with Gasteiger partial charge in [0.05, 0.1) is 6.61 Å². The lowest BCUT2D eigenvalue weighted by Gasteiger charge is -2.47. The van der Waals surface area contributed by atoms with Gasteiger partial charge in [-0.05, 0) is 43.9 Å². The third-order valence-corrected chi connectivity index (χ3v) is 6.11. The molecule has 1 heterocycles. The zero-order valence-corrected chi connectivity index (χ0v) is 21.0. The minimum atomic E-state index is -1.82. The highest BCUT2D eigenvalue weighted by molar-refractivity contribution is 6.27. The van der Waals surface area contributed by atoms with Crippen LogP contribution in [0.25, 0.3) is 0 Å². The van der Waals surface area contributed by atoms with Crippen LogP contribution in [0.2, 0.25) is 0 Å². The fraction of sp³-hybridized carbons (Fsp3) is 0.407. The van der Waals surface area contributed by atoms with Crippen molar-refractivity contribution in [2.45, 2.75) is 52.1 Å². The molecular weight excluding hydrogens is 464 g/mol. The van der Waals surface area contributed by atoms with E-state index >= 15 is 0 Å². The Balaban J connectivity index is 0.000000678. The number of piperidine rings is 1. The normalized spacial score (nSPS) is 14.6. The Kier molecular flexibility index (Phi) is 10.6. The van der Waals surface area contributed by atoms with Gasteiger partial charge in [0.1, 0.15) is 5.54 Å². The first-order valence-electron chi connectivity index (χ1n) is 11.9. The summed E-state index contributed by atoms with van der Waals surface area (Å²) in [6, 6.07) is 18.1. The maximum atomic E-state index is 13.3. The van der Waals surface area contributed by atoms with Gasteiger partial charge in [-0.3, -0.25) is 14.6 Å². The van der Waals surface area contributed by atoms with Gasteiger partial charge in [-0.1, -0.05) is 55.5 Å². The van der Waals surface area contributed by atoms with E-state index in [0.29, 0.717) is 25.9 Å². The number of carboxylic acids is 2. The van der Waals surface area contributed by atoms with Gasteiger partial charge in [0.15, 0.2) is 0 Å². The highest BCUT2D eigenvalue weighted by Crippen LogP contribution is 2.37. The number of amides is 1. The van der Waals surface area contributed by atoms with Crippen molar-refractivity contribution in [2.24, 2.45) is 0 Å². The van der Waals surface area contributed by atoms with Crippen molar-refractivity contribution in [3.8, 4) is 0 Å². The number of aryl methyl sites for hydroxylation is 1. The number of anilines is 1. The van der Waals surface area contributed by atoms with Gasteiger partial charge >= 0.3 is 17.9 Å². The number of rotatable bonds is 7. The number of ether oxygens (including phenoxy) is 1. The summed E-state index contributed by atoms with van der Waals surface area (Å²) in [5, 5.41) is 14.8. The second-order valence-corrected chi connectivity index (χ2v) is 8.49. The van der Waals surface area contributed by atoms with E-state index in [1.807, 2.05) is 63.2 Å². The van der Waals surface area contributed by atoms with Crippen LogP contribution in [-0.4, -0.2) is 64.2 Å². The lowest BCUT2D eigenvalue weighted by molar-refractivity contribution is -0.159. The summed E-state index contributed by atoms with van der Waals surface area (Å²) in [7, 11) is 0. The molecule has 1 aliphatic rings. The van der Waals surface area contributed by atoms with Crippen LogP contribution in [0.3, 0.4) is 0 Å². The largest absolute Gasteiger partial charge is 0.473 e. The number of benzene rings is 2. The molecule has 0 aromatic heterocycles. The van der Waals surface area contributed by atoms with Gasteiger partial charge in [0.25, 0.3) is 0 Å². The average Bonchev–Trinajstić information content (AvgIpc) is 2.87. The van der Waals surface area contributed by atoms with Crippen LogP contribution in [-0.2, 0) is 30.5 Å². The van der Waals surface area contributed by atoms with Gasteiger partial charge in [0, 0.05) is 31.7 Å². The van der Waals surface area contributed by atoms with E-state index in [1.54, 1.807) is 4.90 Å². The van der Waals surface area contributed by atoms with E-state index in [2.05, 4.69) is 17.0 Å². The number of nitrogens with zero attached hydrogens (tertiary/aromatic N) is 2. The summed E-state index contributed by atoms with van der Waals surface area (Å²) < 4.78 is 5.52. The molecule has 0 unspecified atom stereocenters. The molecule has 0 bridgehead atoms. The number of hydrogen-bond donors (Lipinski definition) is 2. The van der Waals surface area contributed by atoms with Crippen molar-refractivity contribution >= 4 is 29.5 Å². The Morgan fingerprint density at radius 3 is 1.97 bits per heavy atom. The molecular formula is C27H34N2O7. The van der Waals surface area contributed by atoms with Gasteiger partial charge in [-0.25, -0.2) is 14.4 Å². The summed E-state index contributed by atoms with van der Waals surface area (Å²) in [5.41, 5.74) is 2.06. The number of hydrogen-bond acceptors (Lipinski definition) is 6. The SMILES string of the molecule is CCOC(=O)C1(N(C(=O)CC)c2ccccc2C)CCN(Cc2ccccc2)CC1.O=C(O)C(=O)O. The molecule has 1 aliphatic heterocycles. The molecule has 1 saturated heterocycles. The zero-order chi connectivity index (χ0) is 26.7. The molecule has 1 amide bonds. The van der Waals surface area contributed by atoms with Crippen molar-refractivity contribution in [1.82, 2.24) is 4.90 Å². The Hall–Kier alpha value is -3.72. The lowest BCUT2D eigenvalue weighted by atomic mass is 9.84. The Morgan fingerprint density at radius 1 is 0.917 bits per heavy atom. The van der Waals surface area contributed by atoms with E-state index in [1.165, 1.54) is 5.56 Å². The molecule has 0 atom stereocenters. The first kappa shape index (κ1) is 28.5. The van der Waals surface area contributed by atoms with Crippen molar-refractivity contribution in [2.75, 3.05) is 24.6 Å². The predicted octanol–water partition coefficient (Wildman–Crippen LogP) is 3.49. The fourth-order valence-corrected chi connectivity index (χ4v) is 4.28. The van der Waals surface area contributed by atoms with E-state index < -0.39 is 17.5 Å². The third-order valence-electron chi connectivity index (χ3n) is 6.11. The highest BCUT2D eigenvalue weighted by atomic mass is 16.5. The number of aliphatic carboxylic acids is 2. The maximum Gasteiger partial charge on any atom is 0.414 e. The van der Waals surface area contributed by atoms with Crippen LogP contribution in [0, 0.1) is 6.92 Å². The molecule has 2 aromatic carbocycles. The summed E-state index contributed by atoms with van der Waals surface area (Å²) in [6.07, 6.45) is 1.45. The Labute approximate surface area is 211 Å². The van der Waals surface area contributed by atoms with E-state index in [4.69, 9.17) is 24.5 Å². The molecule has 0 aliphatic carbocycles. The summed E-state index contributed by atoms with van der Waals surface area (Å²) in [6.45, 7) is 8.24. The Morgan fingerprint density at radius 2 is 1.47 bits per heavy atom. The molecule has 0 radical (unpaired) electrons. The van der Waals surface area contributed by atoms with Crippen LogP contribution in [0.5, 0.6) is 0 Å². The second-order valence-electron chi connectivity index (χ2n) is 8.49. The molecule has 1 fully saturated rings. The van der Waals surface area contributed by atoms with E-state index in [9.17, 15) is 9.59 Å². The van der Waals surface area contributed by atoms with Crippen molar-refractivity contribution in [1.29, 1.82) is 0 Å². The molecule has 2 aromatic rings. The average molecular weight is 499 g/mol. The molecule has 0 saturated carbocycles. The molecule has 194 valence electrons. The number of carbonyl (C=O) groups is 4. The van der Waals surface area contributed by atoms with Crippen molar-refractivity contribution < 1.29 is 34.1 Å². The predicted molar refractivity (Wildman–Crippen MR) is 135 cm³/mol. The second kappa shape index (κ2) is 13.4. The first-order valence-corrected chi connectivity index (χ1v) is 11.9. The molecule has 36 heavy (non-hydrogen) atoms. The smallest absolute Gasteiger partial charge is 0.414 e. The van der Waals surface area contributed by atoms with E-state index in [-0.39, 0.29) is 11.9 Å². The Bertz CT molecular complexity index is 1040. The van der Waals surface area contributed by atoms with Crippen LogP contribution in [0.15, 0.2) is 54.6 Å². The maximum absolute atomic E-state index is 13.3. The molecule has 2 N–H and O–H groups in total. The monoisotopic (exact) mass is 498 g/mol. The number of para-hydroxylation sites is 1. The molecule has 9 nitrogen and oxygen atoms in total. The quantitative estimate of drug-likeness (QED) is 0.439.